The Morgan fingerprint density at radius 1 is 1.13 bits per heavy atom. The third-order valence-electron chi connectivity index (χ3n) is 10.9. The second-order valence-electron chi connectivity index (χ2n) is 12.6. The fourth-order valence-corrected chi connectivity index (χ4v) is 8.71. The van der Waals surface area contributed by atoms with E-state index in [0.29, 0.717) is 17.3 Å². The molecule has 4 rings (SSSR count). The molecule has 4 aliphatic rings. The van der Waals surface area contributed by atoms with E-state index in [9.17, 15) is 5.11 Å². The Labute approximate surface area is 191 Å². The zero-order valence-corrected chi connectivity index (χ0v) is 21.1. The number of ether oxygens (including phenoxy) is 1. The Morgan fingerprint density at radius 2 is 1.87 bits per heavy atom. The Bertz CT molecular complexity index is 708. The summed E-state index contributed by atoms with van der Waals surface area (Å²) in [5, 5.41) is 10.3. The van der Waals surface area contributed by atoms with Gasteiger partial charge in [0.05, 0.1) is 12.2 Å². The minimum Gasteiger partial charge on any atom is -0.393 e. The standard InChI is InChI=1S/C29H48O2/c1-18(2)19(3)8-9-20(4)23-10-11-24-27-25(13-15-29(23,24)6)28(5)14-12-22(30)16-21(28)17-26(27)31-7/h17-18,20,22-27,30H,3,8-16H2,1-2,4-7H3. The van der Waals surface area contributed by atoms with Gasteiger partial charge in [-0.3, -0.25) is 0 Å². The van der Waals surface area contributed by atoms with Crippen LogP contribution in [0.3, 0.4) is 0 Å². The Kier molecular flexibility index (Phi) is 6.56. The van der Waals surface area contributed by atoms with Gasteiger partial charge in [0, 0.05) is 7.11 Å². The highest BCUT2D eigenvalue weighted by Gasteiger charge is 2.61. The smallest absolute Gasteiger partial charge is 0.0788 e. The van der Waals surface area contributed by atoms with Crippen molar-refractivity contribution < 1.29 is 9.84 Å². The summed E-state index contributed by atoms with van der Waals surface area (Å²) in [4.78, 5) is 0. The van der Waals surface area contributed by atoms with Crippen LogP contribution in [0.1, 0.15) is 92.4 Å². The van der Waals surface area contributed by atoms with Gasteiger partial charge in [-0.05, 0) is 104 Å². The molecule has 4 aliphatic carbocycles. The third-order valence-corrected chi connectivity index (χ3v) is 10.9. The lowest BCUT2D eigenvalue weighted by Gasteiger charge is -2.60. The van der Waals surface area contributed by atoms with Crippen LogP contribution in [-0.2, 0) is 4.74 Å². The second kappa shape index (κ2) is 8.64. The molecule has 0 bridgehead atoms. The van der Waals surface area contributed by atoms with E-state index in [1.807, 2.05) is 7.11 Å². The molecule has 0 aromatic heterocycles. The van der Waals surface area contributed by atoms with Gasteiger partial charge >= 0.3 is 0 Å². The van der Waals surface area contributed by atoms with Gasteiger partial charge in [-0.1, -0.05) is 58.4 Å². The van der Waals surface area contributed by atoms with Crippen molar-refractivity contribution >= 4 is 0 Å². The summed E-state index contributed by atoms with van der Waals surface area (Å²) >= 11 is 0. The fourth-order valence-electron chi connectivity index (χ4n) is 8.71. The number of fused-ring (bicyclic) bond motifs is 5. The molecular weight excluding hydrogens is 380 g/mol. The Hall–Kier alpha value is -0.600. The number of hydrogen-bond donors (Lipinski definition) is 1. The monoisotopic (exact) mass is 428 g/mol. The molecule has 0 amide bonds. The van der Waals surface area contributed by atoms with Crippen molar-refractivity contribution in [2.24, 2.45) is 46.3 Å². The zero-order valence-electron chi connectivity index (χ0n) is 21.1. The zero-order chi connectivity index (χ0) is 22.6. The number of rotatable bonds is 6. The fraction of sp³-hybridized carbons (Fsp3) is 0.862. The Balaban J connectivity index is 1.56. The van der Waals surface area contributed by atoms with Crippen LogP contribution in [0, 0.1) is 46.3 Å². The summed E-state index contributed by atoms with van der Waals surface area (Å²) in [5.41, 5.74) is 3.65. The van der Waals surface area contributed by atoms with E-state index in [1.165, 1.54) is 49.7 Å². The molecular formula is C29H48O2. The number of methoxy groups -OCH3 is 1. The topological polar surface area (TPSA) is 29.5 Å². The lowest BCUT2D eigenvalue weighted by atomic mass is 9.46. The average Bonchev–Trinajstić information content (AvgIpc) is 3.09. The first-order valence-corrected chi connectivity index (χ1v) is 13.2. The van der Waals surface area contributed by atoms with E-state index in [1.54, 1.807) is 0 Å². The van der Waals surface area contributed by atoms with Crippen molar-refractivity contribution in [3.63, 3.8) is 0 Å². The van der Waals surface area contributed by atoms with Gasteiger partial charge in [0.25, 0.3) is 0 Å². The second-order valence-corrected chi connectivity index (χ2v) is 12.6. The predicted octanol–water partition coefficient (Wildman–Crippen LogP) is 7.18. The molecule has 9 atom stereocenters. The normalized spacial score (nSPS) is 45.5. The van der Waals surface area contributed by atoms with Crippen LogP contribution in [0.4, 0.5) is 0 Å². The van der Waals surface area contributed by atoms with Crippen molar-refractivity contribution in [2.75, 3.05) is 7.11 Å². The van der Waals surface area contributed by atoms with E-state index < -0.39 is 0 Å². The van der Waals surface area contributed by atoms with Gasteiger partial charge in [0.1, 0.15) is 0 Å². The minimum absolute atomic E-state index is 0.153. The number of hydrogen-bond acceptors (Lipinski definition) is 2. The number of allylic oxidation sites excluding steroid dienone is 1. The SMILES string of the molecule is C=C(CCC(C)C1CCC2C3C(OC)C=C4CC(O)CCC4(C)C3CCC12C)C(C)C. The molecule has 3 saturated carbocycles. The van der Waals surface area contributed by atoms with Gasteiger partial charge in [-0.15, -0.1) is 0 Å². The van der Waals surface area contributed by atoms with Crippen LogP contribution in [0.15, 0.2) is 23.8 Å². The quantitative estimate of drug-likeness (QED) is 0.454. The highest BCUT2D eigenvalue weighted by atomic mass is 16.5. The summed E-state index contributed by atoms with van der Waals surface area (Å²) in [5.74, 6) is 4.36. The maximum atomic E-state index is 10.3. The molecule has 0 saturated heterocycles. The lowest BCUT2D eigenvalue weighted by Crippen LogP contribution is -2.55. The molecule has 2 nitrogen and oxygen atoms in total. The molecule has 0 aromatic carbocycles. The highest BCUT2D eigenvalue weighted by Crippen LogP contribution is 2.67. The van der Waals surface area contributed by atoms with Gasteiger partial charge < -0.3 is 9.84 Å². The molecule has 3 fully saturated rings. The first-order chi connectivity index (χ1) is 14.6. The molecule has 1 N–H and O–H groups in total. The van der Waals surface area contributed by atoms with Crippen LogP contribution < -0.4 is 0 Å². The summed E-state index contributed by atoms with van der Waals surface area (Å²) in [6, 6.07) is 0. The minimum atomic E-state index is -0.153. The average molecular weight is 429 g/mol. The maximum Gasteiger partial charge on any atom is 0.0788 e. The van der Waals surface area contributed by atoms with Crippen molar-refractivity contribution in [2.45, 2.75) is 105 Å². The summed E-state index contributed by atoms with van der Waals surface area (Å²) in [6.45, 7) is 16.6. The Morgan fingerprint density at radius 3 is 2.55 bits per heavy atom. The highest BCUT2D eigenvalue weighted by molar-refractivity contribution is 5.28. The molecule has 0 aromatic rings. The molecule has 9 unspecified atom stereocenters. The van der Waals surface area contributed by atoms with Crippen LogP contribution in [-0.4, -0.2) is 24.4 Å². The van der Waals surface area contributed by atoms with E-state index in [2.05, 4.69) is 47.3 Å². The maximum absolute atomic E-state index is 10.3. The number of aliphatic hydroxyl groups is 1. The molecule has 31 heavy (non-hydrogen) atoms. The lowest BCUT2D eigenvalue weighted by molar-refractivity contribution is -0.106. The van der Waals surface area contributed by atoms with Crippen LogP contribution >= 0.6 is 0 Å². The summed E-state index contributed by atoms with van der Waals surface area (Å²) in [6.07, 6.45) is 13.5. The molecule has 2 heteroatoms. The van der Waals surface area contributed by atoms with Crippen molar-refractivity contribution in [3.05, 3.63) is 23.8 Å². The molecule has 0 heterocycles. The van der Waals surface area contributed by atoms with Crippen LogP contribution in [0.2, 0.25) is 0 Å². The van der Waals surface area contributed by atoms with Crippen LogP contribution in [0.5, 0.6) is 0 Å². The third kappa shape index (κ3) is 3.88. The number of aliphatic hydroxyl groups excluding tert-OH is 1. The van der Waals surface area contributed by atoms with Gasteiger partial charge in [0.2, 0.25) is 0 Å². The molecule has 0 aliphatic heterocycles. The van der Waals surface area contributed by atoms with Gasteiger partial charge in [-0.2, -0.15) is 0 Å². The molecule has 176 valence electrons. The first-order valence-electron chi connectivity index (χ1n) is 13.2. The van der Waals surface area contributed by atoms with Gasteiger partial charge in [-0.25, -0.2) is 0 Å². The predicted molar refractivity (Wildman–Crippen MR) is 130 cm³/mol. The summed E-state index contributed by atoms with van der Waals surface area (Å²) < 4.78 is 6.17. The summed E-state index contributed by atoms with van der Waals surface area (Å²) in [7, 11) is 1.92. The molecule has 0 spiro atoms. The van der Waals surface area contributed by atoms with Gasteiger partial charge in [0.15, 0.2) is 0 Å². The van der Waals surface area contributed by atoms with E-state index in [-0.39, 0.29) is 17.6 Å². The van der Waals surface area contributed by atoms with E-state index >= 15 is 0 Å². The van der Waals surface area contributed by atoms with E-state index in [4.69, 9.17) is 4.74 Å². The largest absolute Gasteiger partial charge is 0.393 e. The van der Waals surface area contributed by atoms with Crippen molar-refractivity contribution in [1.29, 1.82) is 0 Å². The van der Waals surface area contributed by atoms with Crippen molar-refractivity contribution in [3.8, 4) is 0 Å². The first kappa shape index (κ1) is 23.6. The molecule has 0 radical (unpaired) electrons. The van der Waals surface area contributed by atoms with E-state index in [0.717, 1.165) is 42.9 Å². The van der Waals surface area contributed by atoms with Crippen LogP contribution in [0.25, 0.3) is 0 Å². The van der Waals surface area contributed by atoms with Crippen molar-refractivity contribution in [1.82, 2.24) is 0 Å².